The summed E-state index contributed by atoms with van der Waals surface area (Å²) in [5, 5.41) is 16.3. The predicted molar refractivity (Wildman–Crippen MR) is 166 cm³/mol. The largest absolute Gasteiger partial charge is 0.480 e. The molecule has 9 nitrogen and oxygen atoms in total. The van der Waals surface area contributed by atoms with E-state index in [1.54, 1.807) is 38.1 Å². The highest BCUT2D eigenvalue weighted by Crippen LogP contribution is 2.31. The van der Waals surface area contributed by atoms with Gasteiger partial charge in [-0.25, -0.2) is 4.79 Å². The Bertz CT molecular complexity index is 1190. The lowest BCUT2D eigenvalue weighted by molar-refractivity contribution is -0.146. The Morgan fingerprint density at radius 3 is 2.24 bits per heavy atom. The van der Waals surface area contributed by atoms with E-state index in [0.717, 1.165) is 5.56 Å². The molecule has 1 aromatic carbocycles. The van der Waals surface area contributed by atoms with Crippen LogP contribution in [-0.2, 0) is 24.6 Å². The Morgan fingerprint density at radius 1 is 1.12 bits per heavy atom. The van der Waals surface area contributed by atoms with Gasteiger partial charge in [-0.3, -0.25) is 14.4 Å². The number of nitrogens with one attached hydrogen (secondary N) is 2. The summed E-state index contributed by atoms with van der Waals surface area (Å²) in [7, 11) is 3.39. The van der Waals surface area contributed by atoms with Crippen molar-refractivity contribution in [3.63, 3.8) is 0 Å². The van der Waals surface area contributed by atoms with Gasteiger partial charge in [0.05, 0.1) is 12.1 Å². The van der Waals surface area contributed by atoms with E-state index in [9.17, 15) is 24.3 Å². The van der Waals surface area contributed by atoms with Gasteiger partial charge in [-0.05, 0) is 55.8 Å². The van der Waals surface area contributed by atoms with Crippen molar-refractivity contribution < 1.29 is 24.3 Å². The highest BCUT2D eigenvalue weighted by molar-refractivity contribution is 6.30. The van der Waals surface area contributed by atoms with Crippen LogP contribution in [0.3, 0.4) is 0 Å². The van der Waals surface area contributed by atoms with Crippen LogP contribution in [-0.4, -0.2) is 83.4 Å². The smallest absolute Gasteiger partial charge is 0.326 e. The van der Waals surface area contributed by atoms with Crippen LogP contribution in [0.25, 0.3) is 0 Å². The predicted octanol–water partition coefficient (Wildman–Crippen LogP) is 4.24. The fourth-order valence-corrected chi connectivity index (χ4v) is 5.86. The van der Waals surface area contributed by atoms with E-state index in [1.165, 1.54) is 4.90 Å². The van der Waals surface area contributed by atoms with Crippen molar-refractivity contribution in [2.24, 2.45) is 11.3 Å². The van der Waals surface area contributed by atoms with Crippen LogP contribution < -0.4 is 10.6 Å². The van der Waals surface area contributed by atoms with Crippen LogP contribution in [0.5, 0.6) is 0 Å². The van der Waals surface area contributed by atoms with E-state index in [0.29, 0.717) is 30.0 Å². The summed E-state index contributed by atoms with van der Waals surface area (Å²) in [5.74, 6) is -2.01. The SMILES string of the molecule is CN[C@H](C(=O)N[C@H](C(=O)N(C)[C@H](/C=C(\C)C(=O)N1CCC[C@@H]1C(=O)O)C(C)C)C(C)(C)C)C(C)(C)c1cccc(Cl)c1. The van der Waals surface area contributed by atoms with Crippen LogP contribution in [0.15, 0.2) is 35.9 Å². The average molecular weight is 605 g/mol. The summed E-state index contributed by atoms with van der Waals surface area (Å²) in [6.45, 7) is 15.5. The molecule has 0 unspecified atom stereocenters. The third-order valence-electron chi connectivity index (χ3n) is 8.28. The van der Waals surface area contributed by atoms with Gasteiger partial charge in [-0.2, -0.15) is 0 Å². The highest BCUT2D eigenvalue weighted by Gasteiger charge is 2.42. The topological polar surface area (TPSA) is 119 Å². The van der Waals surface area contributed by atoms with Gasteiger partial charge < -0.3 is 25.5 Å². The summed E-state index contributed by atoms with van der Waals surface area (Å²) >= 11 is 6.24. The van der Waals surface area contributed by atoms with Gasteiger partial charge in [-0.1, -0.05) is 78.3 Å². The molecule has 1 fully saturated rings. The lowest BCUT2D eigenvalue weighted by Crippen LogP contribution is -2.61. The van der Waals surface area contributed by atoms with Crippen molar-refractivity contribution in [3.05, 3.63) is 46.5 Å². The Morgan fingerprint density at radius 2 is 1.74 bits per heavy atom. The molecule has 234 valence electrons. The number of halogens is 1. The van der Waals surface area contributed by atoms with Crippen LogP contribution in [0.1, 0.15) is 73.8 Å². The molecule has 1 aliphatic rings. The molecule has 0 aliphatic carbocycles. The summed E-state index contributed by atoms with van der Waals surface area (Å²) in [5.41, 5.74) is -0.00435. The van der Waals surface area contributed by atoms with Crippen LogP contribution in [0, 0.1) is 11.3 Å². The lowest BCUT2D eigenvalue weighted by Gasteiger charge is -2.40. The Kier molecular flexibility index (Phi) is 11.8. The Balaban J connectivity index is 2.35. The molecular formula is C32H49ClN4O5. The molecule has 3 amide bonds. The molecule has 1 heterocycles. The molecule has 3 N–H and O–H groups in total. The van der Waals surface area contributed by atoms with Crippen LogP contribution in [0.2, 0.25) is 5.02 Å². The number of carboxylic acids is 1. The van der Waals surface area contributed by atoms with Crippen molar-refractivity contribution in [2.75, 3.05) is 20.6 Å². The molecule has 10 heteroatoms. The number of carboxylic acid groups (broad SMARTS) is 1. The van der Waals surface area contributed by atoms with Gasteiger partial charge in [0.15, 0.2) is 0 Å². The van der Waals surface area contributed by atoms with E-state index in [1.807, 2.05) is 66.7 Å². The number of amides is 3. The minimum absolute atomic E-state index is 0.0568. The zero-order chi connectivity index (χ0) is 32.2. The first-order valence-corrected chi connectivity index (χ1v) is 14.9. The third-order valence-corrected chi connectivity index (χ3v) is 8.51. The van der Waals surface area contributed by atoms with Crippen LogP contribution in [0.4, 0.5) is 0 Å². The molecule has 0 radical (unpaired) electrons. The number of rotatable bonds is 11. The third kappa shape index (κ3) is 8.13. The van der Waals surface area contributed by atoms with Gasteiger partial charge in [0.1, 0.15) is 12.1 Å². The number of aliphatic carboxylic acids is 1. The van der Waals surface area contributed by atoms with Gasteiger partial charge >= 0.3 is 5.97 Å². The van der Waals surface area contributed by atoms with Crippen molar-refractivity contribution in [1.82, 2.24) is 20.4 Å². The van der Waals surface area contributed by atoms with Crippen molar-refractivity contribution in [3.8, 4) is 0 Å². The number of carbonyl (C=O) groups excluding carboxylic acids is 3. The number of hydrogen-bond acceptors (Lipinski definition) is 5. The molecule has 4 atom stereocenters. The van der Waals surface area contributed by atoms with E-state index >= 15 is 0 Å². The van der Waals surface area contributed by atoms with E-state index in [-0.39, 0.29) is 23.6 Å². The number of likely N-dealkylation sites (N-methyl/N-ethyl adjacent to an activating group) is 2. The second kappa shape index (κ2) is 14.0. The van der Waals surface area contributed by atoms with E-state index in [2.05, 4.69) is 10.6 Å². The first-order valence-electron chi connectivity index (χ1n) is 14.6. The first kappa shape index (κ1) is 35.3. The lowest BCUT2D eigenvalue weighted by atomic mass is 9.76. The number of carbonyl (C=O) groups is 4. The molecule has 1 aromatic rings. The Labute approximate surface area is 256 Å². The quantitative estimate of drug-likeness (QED) is 0.325. The molecule has 0 spiro atoms. The molecular weight excluding hydrogens is 556 g/mol. The maximum absolute atomic E-state index is 14.1. The van der Waals surface area contributed by atoms with Crippen molar-refractivity contribution in [2.45, 2.75) is 97.8 Å². The van der Waals surface area contributed by atoms with E-state index < -0.39 is 41.0 Å². The minimum Gasteiger partial charge on any atom is -0.480 e. The van der Waals surface area contributed by atoms with Crippen molar-refractivity contribution >= 4 is 35.3 Å². The number of benzene rings is 1. The molecule has 0 saturated carbocycles. The fraction of sp³-hybridized carbons (Fsp3) is 0.625. The summed E-state index contributed by atoms with van der Waals surface area (Å²) in [4.78, 5) is 55.7. The minimum atomic E-state index is -1.01. The normalized spacial score (nSPS) is 18.4. The zero-order valence-electron chi connectivity index (χ0n) is 26.7. The average Bonchev–Trinajstić information content (AvgIpc) is 3.39. The maximum atomic E-state index is 14.1. The van der Waals surface area contributed by atoms with Gasteiger partial charge in [0.25, 0.3) is 0 Å². The summed E-state index contributed by atoms with van der Waals surface area (Å²) in [6, 6.07) is 4.56. The van der Waals surface area contributed by atoms with Gasteiger partial charge in [0.2, 0.25) is 17.7 Å². The number of likely N-dealkylation sites (tertiary alicyclic amines) is 1. The van der Waals surface area contributed by atoms with Crippen LogP contribution >= 0.6 is 11.6 Å². The summed E-state index contributed by atoms with van der Waals surface area (Å²) < 4.78 is 0. The number of hydrogen-bond donors (Lipinski definition) is 3. The number of nitrogens with zero attached hydrogens (tertiary/aromatic N) is 2. The molecule has 1 saturated heterocycles. The monoisotopic (exact) mass is 604 g/mol. The second-order valence-electron chi connectivity index (χ2n) is 13.3. The van der Waals surface area contributed by atoms with E-state index in [4.69, 9.17) is 11.6 Å². The van der Waals surface area contributed by atoms with Crippen molar-refractivity contribution in [1.29, 1.82) is 0 Å². The molecule has 42 heavy (non-hydrogen) atoms. The van der Waals surface area contributed by atoms with Gasteiger partial charge in [0, 0.05) is 29.6 Å². The molecule has 0 bridgehead atoms. The second-order valence-corrected chi connectivity index (χ2v) is 13.7. The Hall–Kier alpha value is -2.91. The summed E-state index contributed by atoms with van der Waals surface area (Å²) in [6.07, 6.45) is 2.80. The molecule has 2 rings (SSSR count). The standard InChI is InChI=1S/C32H49ClN4O5/c1-19(2)24(17-20(3)28(39)37-16-12-15-23(37)30(41)42)36(10)29(40)26(31(4,5)6)35-27(38)25(34-9)32(7,8)21-13-11-14-22(33)18-21/h11,13-14,17-19,23-26,34H,12,15-16H2,1-10H3,(H,35,38)(H,41,42)/b20-17+/t23-,24-,25-,26-/m1/s1. The van der Waals surface area contributed by atoms with Gasteiger partial charge in [-0.15, -0.1) is 0 Å². The zero-order valence-corrected chi connectivity index (χ0v) is 27.5. The highest BCUT2D eigenvalue weighted by atomic mass is 35.5. The first-order chi connectivity index (χ1) is 19.3. The molecule has 0 aromatic heterocycles. The fourth-order valence-electron chi connectivity index (χ4n) is 5.67. The maximum Gasteiger partial charge on any atom is 0.326 e. The molecule has 1 aliphatic heterocycles.